The molecule has 1 atom stereocenters. The zero-order valence-corrected chi connectivity index (χ0v) is 13.1. The Balaban J connectivity index is 2.27. The number of nitrogens with one attached hydrogen (secondary N) is 1. The van der Waals surface area contributed by atoms with Crippen molar-refractivity contribution >= 4 is 21.9 Å². The van der Waals surface area contributed by atoms with Gasteiger partial charge in [-0.3, -0.25) is 4.98 Å². The highest BCUT2D eigenvalue weighted by atomic mass is 79.9. The fourth-order valence-corrected chi connectivity index (χ4v) is 3.14. The number of methoxy groups -OCH3 is 1. The number of aromatic nitrogens is 1. The van der Waals surface area contributed by atoms with Crippen molar-refractivity contribution in [2.24, 2.45) is 0 Å². The molecule has 0 aliphatic carbocycles. The van der Waals surface area contributed by atoms with Crippen molar-refractivity contribution in [1.29, 1.82) is 0 Å². The summed E-state index contributed by atoms with van der Waals surface area (Å²) in [6.07, 6.45) is 6.18. The molecule has 6 heteroatoms. The number of esters is 1. The van der Waals surface area contributed by atoms with Gasteiger partial charge in [-0.2, -0.15) is 0 Å². The predicted molar refractivity (Wildman–Crippen MR) is 78.3 cm³/mol. The number of ether oxygens (including phenoxy) is 2. The van der Waals surface area contributed by atoms with E-state index in [2.05, 4.69) is 31.0 Å². The molecule has 110 valence electrons. The van der Waals surface area contributed by atoms with Crippen LogP contribution in [-0.2, 0) is 19.9 Å². The van der Waals surface area contributed by atoms with Gasteiger partial charge in [-0.1, -0.05) is 0 Å². The summed E-state index contributed by atoms with van der Waals surface area (Å²) in [5, 5.41) is 3.37. The normalized spacial score (nSPS) is 23.1. The minimum atomic E-state index is -0.473. The second kappa shape index (κ2) is 7.15. The molecule has 1 unspecified atom stereocenters. The fourth-order valence-electron chi connectivity index (χ4n) is 2.53. The first-order valence-electron chi connectivity index (χ1n) is 6.69. The molecular formula is C14H19BrN2O3. The molecule has 2 heterocycles. The molecule has 5 nitrogen and oxygen atoms in total. The van der Waals surface area contributed by atoms with E-state index in [9.17, 15) is 4.79 Å². The molecule has 0 radical (unpaired) electrons. The lowest BCUT2D eigenvalue weighted by molar-refractivity contribution is -0.155. The van der Waals surface area contributed by atoms with Crippen LogP contribution in [0.15, 0.2) is 22.9 Å². The first-order chi connectivity index (χ1) is 9.68. The second-order valence-electron chi connectivity index (χ2n) is 4.82. The summed E-state index contributed by atoms with van der Waals surface area (Å²) in [5.74, 6) is -0.355. The average molecular weight is 343 g/mol. The van der Waals surface area contributed by atoms with Crippen LogP contribution < -0.4 is 5.32 Å². The molecule has 0 amide bonds. The van der Waals surface area contributed by atoms with E-state index in [0.29, 0.717) is 0 Å². The van der Waals surface area contributed by atoms with E-state index in [0.717, 1.165) is 42.4 Å². The van der Waals surface area contributed by atoms with E-state index in [4.69, 9.17) is 4.74 Å². The van der Waals surface area contributed by atoms with Crippen LogP contribution in [0.4, 0.5) is 0 Å². The van der Waals surface area contributed by atoms with Gasteiger partial charge in [-0.05, 0) is 54.3 Å². The Kier molecular flexibility index (Phi) is 5.51. The third-order valence-electron chi connectivity index (χ3n) is 3.60. The van der Waals surface area contributed by atoms with Crippen molar-refractivity contribution in [1.82, 2.24) is 10.3 Å². The summed E-state index contributed by atoms with van der Waals surface area (Å²) in [7, 11) is 1.37. The minimum Gasteiger partial charge on any atom is -0.467 e. The van der Waals surface area contributed by atoms with Gasteiger partial charge in [0, 0.05) is 22.4 Å². The van der Waals surface area contributed by atoms with Gasteiger partial charge in [0.25, 0.3) is 0 Å². The van der Waals surface area contributed by atoms with E-state index in [1.54, 1.807) is 12.4 Å². The molecule has 1 fully saturated rings. The van der Waals surface area contributed by atoms with Crippen LogP contribution in [0.5, 0.6) is 0 Å². The number of carbonyl (C=O) groups is 1. The Labute approximate surface area is 127 Å². The van der Waals surface area contributed by atoms with Crippen molar-refractivity contribution < 1.29 is 14.3 Å². The first kappa shape index (κ1) is 15.4. The molecule has 0 bridgehead atoms. The lowest BCUT2D eigenvalue weighted by atomic mass is 9.87. The maximum atomic E-state index is 11.4. The number of pyridine rings is 1. The van der Waals surface area contributed by atoms with Crippen LogP contribution in [0.2, 0.25) is 0 Å². The molecule has 1 aromatic rings. The van der Waals surface area contributed by atoms with Gasteiger partial charge in [0.05, 0.1) is 12.7 Å². The van der Waals surface area contributed by atoms with Crippen molar-refractivity contribution in [3.05, 3.63) is 28.5 Å². The van der Waals surface area contributed by atoms with Gasteiger partial charge >= 0.3 is 5.97 Å². The molecule has 0 spiro atoms. The van der Waals surface area contributed by atoms with E-state index in [-0.39, 0.29) is 12.6 Å². The third kappa shape index (κ3) is 3.56. The number of nitrogens with zero attached hydrogens (tertiary/aromatic N) is 1. The molecule has 20 heavy (non-hydrogen) atoms. The standard InChI is InChI=1S/C14H19BrN2O3/c1-19-13(18)10-20-14(4-2-6-16-8-5-14)11-3-7-17-9-12(11)15/h3,7,9,16H,2,4-6,8,10H2,1H3. The number of rotatable bonds is 4. The summed E-state index contributed by atoms with van der Waals surface area (Å²) in [4.78, 5) is 15.5. The van der Waals surface area contributed by atoms with Gasteiger partial charge in [0.15, 0.2) is 0 Å². The quantitative estimate of drug-likeness (QED) is 0.848. The Bertz CT molecular complexity index is 459. The minimum absolute atomic E-state index is 0.0364. The third-order valence-corrected chi connectivity index (χ3v) is 4.23. The number of carbonyl (C=O) groups excluding carboxylic acids is 1. The summed E-state index contributed by atoms with van der Waals surface area (Å²) < 4.78 is 11.6. The lowest BCUT2D eigenvalue weighted by Gasteiger charge is -2.33. The second-order valence-corrected chi connectivity index (χ2v) is 5.67. The molecule has 1 aromatic heterocycles. The number of hydrogen-bond acceptors (Lipinski definition) is 5. The Hall–Kier alpha value is -0.980. The van der Waals surface area contributed by atoms with Gasteiger partial charge < -0.3 is 14.8 Å². The van der Waals surface area contributed by atoms with Crippen LogP contribution in [-0.4, -0.2) is 37.8 Å². The monoisotopic (exact) mass is 342 g/mol. The molecule has 1 N–H and O–H groups in total. The van der Waals surface area contributed by atoms with Crippen molar-refractivity contribution in [3.8, 4) is 0 Å². The van der Waals surface area contributed by atoms with Crippen LogP contribution in [0, 0.1) is 0 Å². The van der Waals surface area contributed by atoms with E-state index < -0.39 is 5.60 Å². The summed E-state index contributed by atoms with van der Waals surface area (Å²) in [5.41, 5.74) is 0.569. The highest BCUT2D eigenvalue weighted by molar-refractivity contribution is 9.10. The molecule has 0 aromatic carbocycles. The van der Waals surface area contributed by atoms with Gasteiger partial charge in [-0.25, -0.2) is 4.79 Å². The van der Waals surface area contributed by atoms with Crippen LogP contribution in [0.3, 0.4) is 0 Å². The van der Waals surface area contributed by atoms with Gasteiger partial charge in [0.1, 0.15) is 6.61 Å². The maximum absolute atomic E-state index is 11.4. The molecule has 1 aliphatic heterocycles. The zero-order chi connectivity index (χ0) is 14.4. The highest BCUT2D eigenvalue weighted by Gasteiger charge is 2.36. The maximum Gasteiger partial charge on any atom is 0.331 e. The molecule has 0 saturated carbocycles. The van der Waals surface area contributed by atoms with Crippen molar-refractivity contribution in [3.63, 3.8) is 0 Å². The van der Waals surface area contributed by atoms with Crippen LogP contribution >= 0.6 is 15.9 Å². The predicted octanol–water partition coefficient (Wildman–Crippen LogP) is 2.00. The van der Waals surface area contributed by atoms with Crippen molar-refractivity contribution in [2.45, 2.75) is 24.9 Å². The Morgan fingerprint density at radius 3 is 3.10 bits per heavy atom. The van der Waals surface area contributed by atoms with Crippen LogP contribution in [0.25, 0.3) is 0 Å². The summed E-state index contributed by atoms with van der Waals surface area (Å²) in [6.45, 7) is 1.78. The molecule has 1 saturated heterocycles. The van der Waals surface area contributed by atoms with E-state index in [1.807, 2.05) is 6.07 Å². The smallest absolute Gasteiger partial charge is 0.331 e. The van der Waals surface area contributed by atoms with Gasteiger partial charge in [-0.15, -0.1) is 0 Å². The first-order valence-corrected chi connectivity index (χ1v) is 7.49. The SMILES string of the molecule is COC(=O)COC1(c2ccncc2Br)CCCNCC1. The number of hydrogen-bond donors (Lipinski definition) is 1. The molecular weight excluding hydrogens is 324 g/mol. The van der Waals surface area contributed by atoms with Crippen LogP contribution in [0.1, 0.15) is 24.8 Å². The largest absolute Gasteiger partial charge is 0.467 e. The molecule has 1 aliphatic rings. The lowest BCUT2D eigenvalue weighted by Crippen LogP contribution is -2.34. The number of halogens is 1. The zero-order valence-electron chi connectivity index (χ0n) is 11.5. The fraction of sp³-hybridized carbons (Fsp3) is 0.571. The van der Waals surface area contributed by atoms with E-state index >= 15 is 0 Å². The van der Waals surface area contributed by atoms with Gasteiger partial charge in [0.2, 0.25) is 0 Å². The summed E-state index contributed by atoms with van der Waals surface area (Å²) >= 11 is 3.54. The highest BCUT2D eigenvalue weighted by Crippen LogP contribution is 2.38. The van der Waals surface area contributed by atoms with E-state index in [1.165, 1.54) is 7.11 Å². The topological polar surface area (TPSA) is 60.5 Å². The Morgan fingerprint density at radius 2 is 2.35 bits per heavy atom. The summed E-state index contributed by atoms with van der Waals surface area (Å²) in [6, 6.07) is 1.95. The molecule has 2 rings (SSSR count). The Morgan fingerprint density at radius 1 is 1.50 bits per heavy atom. The van der Waals surface area contributed by atoms with Crippen molar-refractivity contribution in [2.75, 3.05) is 26.8 Å². The average Bonchev–Trinajstić information content (AvgIpc) is 2.71.